The van der Waals surface area contributed by atoms with Crippen LogP contribution in [-0.4, -0.2) is 27.0 Å². The number of carbonyl (C=O) groups excluding carboxylic acids is 1. The van der Waals surface area contributed by atoms with Crippen molar-refractivity contribution in [2.75, 3.05) is 6.61 Å². The number of hydrogen-bond donors (Lipinski definition) is 1. The number of ether oxygens (including phenoxy) is 1. The Bertz CT molecular complexity index is 931. The fraction of sp³-hybridized carbons (Fsp3) is 0.150. The van der Waals surface area contributed by atoms with E-state index >= 15 is 0 Å². The zero-order valence-corrected chi connectivity index (χ0v) is 14.1. The molecule has 2 aromatic heterocycles. The third kappa shape index (κ3) is 3.64. The van der Waals surface area contributed by atoms with E-state index in [2.05, 4.69) is 21.4 Å². The second-order valence-electron chi connectivity index (χ2n) is 6.01. The first kappa shape index (κ1) is 16.1. The van der Waals surface area contributed by atoms with Crippen molar-refractivity contribution in [1.82, 2.24) is 19.9 Å². The molecular weight excluding hydrogens is 328 g/mol. The molecular formula is C20H18N4O2. The number of imidazole rings is 1. The molecule has 6 heteroatoms. The lowest BCUT2D eigenvalue weighted by molar-refractivity contribution is -0.116. The fourth-order valence-electron chi connectivity index (χ4n) is 2.80. The Balaban J connectivity index is 1.32. The SMILES string of the molecule is O=C(/C=C/c1ccc2c(c1)CCO2)NCc1ccc(-n2ccnc2)nc1. The third-order valence-corrected chi connectivity index (χ3v) is 4.19. The predicted molar refractivity (Wildman–Crippen MR) is 97.9 cm³/mol. The molecule has 1 aliphatic rings. The van der Waals surface area contributed by atoms with Gasteiger partial charge in [0.15, 0.2) is 0 Å². The Morgan fingerprint density at radius 1 is 1.31 bits per heavy atom. The van der Waals surface area contributed by atoms with Gasteiger partial charge < -0.3 is 10.1 Å². The van der Waals surface area contributed by atoms with Crippen molar-refractivity contribution < 1.29 is 9.53 Å². The van der Waals surface area contributed by atoms with Crippen LogP contribution in [0, 0.1) is 0 Å². The Kier molecular flexibility index (Phi) is 4.47. The standard InChI is InChI=1S/C20H18N4O2/c25-20(6-3-15-1-4-18-17(11-15)7-10-26-18)23-13-16-2-5-19(22-12-16)24-9-8-21-14-24/h1-6,8-9,11-12,14H,7,10,13H2,(H,23,25)/b6-3+. The Morgan fingerprint density at radius 3 is 3.08 bits per heavy atom. The summed E-state index contributed by atoms with van der Waals surface area (Å²) in [5, 5.41) is 2.87. The second-order valence-corrected chi connectivity index (χ2v) is 6.01. The van der Waals surface area contributed by atoms with Gasteiger partial charge in [0.1, 0.15) is 17.9 Å². The van der Waals surface area contributed by atoms with E-state index in [1.165, 1.54) is 5.56 Å². The zero-order valence-electron chi connectivity index (χ0n) is 14.1. The molecule has 0 bridgehead atoms. The van der Waals surface area contributed by atoms with Crippen LogP contribution in [0.15, 0.2) is 61.3 Å². The van der Waals surface area contributed by atoms with Gasteiger partial charge in [0.2, 0.25) is 5.91 Å². The summed E-state index contributed by atoms with van der Waals surface area (Å²) in [6, 6.07) is 9.80. The fourth-order valence-corrected chi connectivity index (χ4v) is 2.80. The number of aromatic nitrogens is 3. The minimum absolute atomic E-state index is 0.138. The van der Waals surface area contributed by atoms with Crippen LogP contribution in [0.25, 0.3) is 11.9 Å². The molecule has 0 spiro atoms. The summed E-state index contributed by atoms with van der Waals surface area (Å²) in [7, 11) is 0. The van der Waals surface area contributed by atoms with Crippen LogP contribution in [0.1, 0.15) is 16.7 Å². The van der Waals surface area contributed by atoms with Gasteiger partial charge in [-0.3, -0.25) is 9.36 Å². The van der Waals surface area contributed by atoms with Crippen LogP contribution in [0.5, 0.6) is 5.75 Å². The number of benzene rings is 1. The highest BCUT2D eigenvalue weighted by Crippen LogP contribution is 2.26. The van der Waals surface area contributed by atoms with E-state index in [9.17, 15) is 4.79 Å². The Hall–Kier alpha value is -3.41. The largest absolute Gasteiger partial charge is 0.493 e. The number of amides is 1. The molecule has 3 heterocycles. The molecule has 1 amide bonds. The molecule has 0 atom stereocenters. The summed E-state index contributed by atoms with van der Waals surface area (Å²) in [4.78, 5) is 20.4. The maximum atomic E-state index is 12.0. The van der Waals surface area contributed by atoms with Crippen LogP contribution in [0.2, 0.25) is 0 Å². The smallest absolute Gasteiger partial charge is 0.244 e. The normalized spacial score (nSPS) is 12.8. The highest BCUT2D eigenvalue weighted by Gasteiger charge is 2.11. The molecule has 26 heavy (non-hydrogen) atoms. The molecule has 0 unspecified atom stereocenters. The molecule has 0 saturated carbocycles. The summed E-state index contributed by atoms with van der Waals surface area (Å²) in [5.74, 6) is 1.59. The van der Waals surface area contributed by atoms with Crippen molar-refractivity contribution in [2.24, 2.45) is 0 Å². The van der Waals surface area contributed by atoms with Gasteiger partial charge in [-0.15, -0.1) is 0 Å². The van der Waals surface area contributed by atoms with E-state index in [1.54, 1.807) is 24.8 Å². The predicted octanol–water partition coefficient (Wildman–Crippen LogP) is 2.53. The summed E-state index contributed by atoms with van der Waals surface area (Å²) in [6.07, 6.45) is 11.3. The number of hydrogen-bond acceptors (Lipinski definition) is 4. The zero-order chi connectivity index (χ0) is 17.8. The van der Waals surface area contributed by atoms with Gasteiger partial charge in [-0.1, -0.05) is 12.1 Å². The van der Waals surface area contributed by atoms with E-state index in [0.29, 0.717) is 6.54 Å². The van der Waals surface area contributed by atoms with Crippen molar-refractivity contribution in [3.63, 3.8) is 0 Å². The van der Waals surface area contributed by atoms with Crippen molar-refractivity contribution >= 4 is 12.0 Å². The Labute approximate surface area is 151 Å². The van der Waals surface area contributed by atoms with E-state index in [0.717, 1.165) is 35.7 Å². The number of rotatable bonds is 5. The summed E-state index contributed by atoms with van der Waals surface area (Å²) >= 11 is 0. The van der Waals surface area contributed by atoms with E-state index in [-0.39, 0.29) is 5.91 Å². The van der Waals surface area contributed by atoms with Gasteiger partial charge in [-0.05, 0) is 41.0 Å². The average molecular weight is 346 g/mol. The first-order valence-electron chi connectivity index (χ1n) is 8.43. The molecule has 0 fully saturated rings. The minimum atomic E-state index is -0.138. The summed E-state index contributed by atoms with van der Waals surface area (Å²) in [6.45, 7) is 1.16. The highest BCUT2D eigenvalue weighted by atomic mass is 16.5. The van der Waals surface area contributed by atoms with Crippen molar-refractivity contribution in [3.05, 3.63) is 78.0 Å². The van der Waals surface area contributed by atoms with Gasteiger partial charge in [0.05, 0.1) is 6.61 Å². The van der Waals surface area contributed by atoms with E-state index in [1.807, 2.05) is 41.1 Å². The number of carbonyl (C=O) groups is 1. The summed E-state index contributed by atoms with van der Waals surface area (Å²) < 4.78 is 7.31. The maximum Gasteiger partial charge on any atom is 0.244 e. The molecule has 0 aliphatic carbocycles. The second kappa shape index (κ2) is 7.23. The number of nitrogens with one attached hydrogen (secondary N) is 1. The lowest BCUT2D eigenvalue weighted by Gasteiger charge is -2.05. The van der Waals surface area contributed by atoms with Crippen molar-refractivity contribution in [3.8, 4) is 11.6 Å². The topological polar surface area (TPSA) is 69.0 Å². The van der Waals surface area contributed by atoms with Crippen LogP contribution < -0.4 is 10.1 Å². The molecule has 0 radical (unpaired) electrons. The Morgan fingerprint density at radius 2 is 2.27 bits per heavy atom. The minimum Gasteiger partial charge on any atom is -0.493 e. The molecule has 4 rings (SSSR count). The van der Waals surface area contributed by atoms with Gasteiger partial charge in [-0.2, -0.15) is 0 Å². The van der Waals surface area contributed by atoms with Crippen LogP contribution >= 0.6 is 0 Å². The number of nitrogens with zero attached hydrogens (tertiary/aromatic N) is 3. The maximum absolute atomic E-state index is 12.0. The lowest BCUT2D eigenvalue weighted by atomic mass is 10.1. The molecule has 1 N–H and O–H groups in total. The van der Waals surface area contributed by atoms with Gasteiger partial charge >= 0.3 is 0 Å². The van der Waals surface area contributed by atoms with Crippen LogP contribution in [0.3, 0.4) is 0 Å². The van der Waals surface area contributed by atoms with Crippen LogP contribution in [-0.2, 0) is 17.8 Å². The molecule has 1 aromatic carbocycles. The van der Waals surface area contributed by atoms with Crippen molar-refractivity contribution in [1.29, 1.82) is 0 Å². The third-order valence-electron chi connectivity index (χ3n) is 4.19. The van der Waals surface area contributed by atoms with E-state index in [4.69, 9.17) is 4.74 Å². The number of pyridine rings is 1. The number of fused-ring (bicyclic) bond motifs is 1. The van der Waals surface area contributed by atoms with Crippen LogP contribution in [0.4, 0.5) is 0 Å². The molecule has 3 aromatic rings. The first-order chi connectivity index (χ1) is 12.8. The van der Waals surface area contributed by atoms with Crippen molar-refractivity contribution in [2.45, 2.75) is 13.0 Å². The van der Waals surface area contributed by atoms with E-state index < -0.39 is 0 Å². The first-order valence-corrected chi connectivity index (χ1v) is 8.43. The quantitative estimate of drug-likeness (QED) is 0.721. The molecule has 0 saturated heterocycles. The highest BCUT2D eigenvalue weighted by molar-refractivity contribution is 5.91. The van der Waals surface area contributed by atoms with Gasteiger partial charge in [-0.25, -0.2) is 9.97 Å². The molecule has 1 aliphatic heterocycles. The monoisotopic (exact) mass is 346 g/mol. The molecule has 6 nitrogen and oxygen atoms in total. The van der Waals surface area contributed by atoms with Gasteiger partial charge in [0.25, 0.3) is 0 Å². The average Bonchev–Trinajstić information content (AvgIpc) is 3.36. The lowest BCUT2D eigenvalue weighted by Crippen LogP contribution is -2.20. The summed E-state index contributed by atoms with van der Waals surface area (Å²) in [5.41, 5.74) is 3.12. The molecule has 130 valence electrons. The van der Waals surface area contributed by atoms with Gasteiger partial charge in [0, 0.05) is 37.6 Å².